The maximum atomic E-state index is 14.6. The van der Waals surface area contributed by atoms with Crippen LogP contribution in [0.3, 0.4) is 0 Å². The van der Waals surface area contributed by atoms with E-state index >= 15 is 0 Å². The van der Waals surface area contributed by atoms with Gasteiger partial charge in [0.25, 0.3) is 0 Å². The number of amides is 3. The first-order valence-corrected chi connectivity index (χ1v) is 18.3. The molecule has 1 saturated heterocycles. The topological polar surface area (TPSA) is 147 Å². The molecule has 2 aliphatic carbocycles. The Hall–Kier alpha value is -4.93. The van der Waals surface area contributed by atoms with Gasteiger partial charge in [-0.3, -0.25) is 14.4 Å². The summed E-state index contributed by atoms with van der Waals surface area (Å²) in [6.45, 7) is 9.44. The van der Waals surface area contributed by atoms with Gasteiger partial charge in [0.15, 0.2) is 0 Å². The normalized spacial score (nSPS) is 23.8. The third kappa shape index (κ3) is 7.78. The van der Waals surface area contributed by atoms with Crippen LogP contribution in [0.5, 0.6) is 11.5 Å². The van der Waals surface area contributed by atoms with Crippen LogP contribution in [0.2, 0.25) is 0 Å². The fourth-order valence-corrected chi connectivity index (χ4v) is 7.72. The van der Waals surface area contributed by atoms with Gasteiger partial charge in [-0.2, -0.15) is 0 Å². The summed E-state index contributed by atoms with van der Waals surface area (Å²) in [5.41, 5.74) is 0.0517. The second-order valence-corrected chi connectivity index (χ2v) is 15.6. The minimum atomic E-state index is -1.48. The Morgan fingerprint density at radius 3 is 2.44 bits per heavy atom. The molecular weight excluding hydrogens is 660 g/mol. The number of carboxylic acid groups (broad SMARTS) is 1. The molecule has 2 aromatic carbocycles. The molecule has 276 valence electrons. The summed E-state index contributed by atoms with van der Waals surface area (Å²) in [4.78, 5) is 60.8. The van der Waals surface area contributed by atoms with E-state index in [4.69, 9.17) is 14.5 Å². The van der Waals surface area contributed by atoms with E-state index < -0.39 is 52.8 Å². The smallest absolute Gasteiger partial charge is 0.330 e. The number of carbonyl (C=O) groups excluding carboxylic acids is 3. The van der Waals surface area contributed by atoms with Crippen molar-refractivity contribution in [2.45, 2.75) is 95.9 Å². The van der Waals surface area contributed by atoms with Gasteiger partial charge in [0.1, 0.15) is 35.2 Å². The number of ether oxygens (including phenoxy) is 2. The zero-order valence-corrected chi connectivity index (χ0v) is 30.5. The van der Waals surface area contributed by atoms with E-state index in [0.717, 1.165) is 36.6 Å². The zero-order valence-electron chi connectivity index (χ0n) is 30.5. The zero-order chi connectivity index (χ0) is 37.2. The highest BCUT2D eigenvalue weighted by molar-refractivity contribution is 5.97. The van der Waals surface area contributed by atoms with Gasteiger partial charge in [0.05, 0.1) is 24.9 Å². The molecule has 3 fully saturated rings. The molecule has 5 atom stereocenters. The SMILES string of the molecule is C=C[C@@H]1C[C@]1(NC(=O)[C@@H]1C[C@@H](Oc2cc(-c3ccccc3)nc3cc(OC)ccc23)CN1C(=O)[C@@H](NC(=O)CC1CCCCC1)C(C)(C)C)C(=O)O. The third-order valence-electron chi connectivity index (χ3n) is 10.8. The lowest BCUT2D eigenvalue weighted by molar-refractivity contribution is -0.147. The van der Waals surface area contributed by atoms with E-state index in [1.807, 2.05) is 75.4 Å². The maximum absolute atomic E-state index is 14.6. The third-order valence-corrected chi connectivity index (χ3v) is 10.8. The van der Waals surface area contributed by atoms with Crippen molar-refractivity contribution in [2.24, 2.45) is 17.3 Å². The summed E-state index contributed by atoms with van der Waals surface area (Å²) in [6.07, 6.45) is 6.94. The average Bonchev–Trinajstić information content (AvgIpc) is 3.69. The van der Waals surface area contributed by atoms with E-state index in [9.17, 15) is 24.3 Å². The highest BCUT2D eigenvalue weighted by atomic mass is 16.5. The van der Waals surface area contributed by atoms with Crippen molar-refractivity contribution in [3.63, 3.8) is 0 Å². The first-order chi connectivity index (χ1) is 24.8. The molecule has 6 rings (SSSR count). The molecule has 11 nitrogen and oxygen atoms in total. The van der Waals surface area contributed by atoms with Crippen LogP contribution in [-0.4, -0.2) is 76.1 Å². The van der Waals surface area contributed by atoms with Crippen molar-refractivity contribution in [1.82, 2.24) is 20.5 Å². The highest BCUT2D eigenvalue weighted by Crippen LogP contribution is 2.45. The van der Waals surface area contributed by atoms with E-state index in [2.05, 4.69) is 17.2 Å². The summed E-state index contributed by atoms with van der Waals surface area (Å²) < 4.78 is 12.2. The van der Waals surface area contributed by atoms with E-state index in [0.29, 0.717) is 29.1 Å². The second kappa shape index (κ2) is 15.0. The van der Waals surface area contributed by atoms with Crippen LogP contribution >= 0.6 is 0 Å². The first-order valence-electron chi connectivity index (χ1n) is 18.3. The average molecular weight is 711 g/mol. The number of hydrogen-bond donors (Lipinski definition) is 3. The number of nitrogens with one attached hydrogen (secondary N) is 2. The van der Waals surface area contributed by atoms with Crippen LogP contribution in [0, 0.1) is 17.3 Å². The van der Waals surface area contributed by atoms with Crippen molar-refractivity contribution >= 4 is 34.6 Å². The number of carboxylic acids is 1. The van der Waals surface area contributed by atoms with Crippen molar-refractivity contribution in [3.8, 4) is 22.8 Å². The number of aliphatic carboxylic acids is 1. The predicted molar refractivity (Wildman–Crippen MR) is 198 cm³/mol. The van der Waals surface area contributed by atoms with Crippen LogP contribution in [0.4, 0.5) is 0 Å². The Bertz CT molecular complexity index is 1830. The molecule has 3 amide bonds. The maximum Gasteiger partial charge on any atom is 0.330 e. The number of fused-ring (bicyclic) bond motifs is 1. The molecule has 3 aliphatic rings. The van der Waals surface area contributed by atoms with E-state index in [1.165, 1.54) is 17.4 Å². The van der Waals surface area contributed by atoms with Crippen LogP contribution in [-0.2, 0) is 19.2 Å². The lowest BCUT2D eigenvalue weighted by Gasteiger charge is -2.36. The van der Waals surface area contributed by atoms with Crippen LogP contribution in [0.1, 0.15) is 72.1 Å². The van der Waals surface area contributed by atoms with Gasteiger partial charge in [0.2, 0.25) is 17.7 Å². The molecule has 3 N–H and O–H groups in total. The Balaban J connectivity index is 1.31. The first kappa shape index (κ1) is 36.8. The van der Waals surface area contributed by atoms with Gasteiger partial charge in [0, 0.05) is 41.8 Å². The molecule has 0 unspecified atom stereocenters. The molecule has 0 spiro atoms. The number of carbonyl (C=O) groups is 4. The molecule has 0 bridgehead atoms. The molecule has 0 radical (unpaired) electrons. The van der Waals surface area contributed by atoms with Crippen LogP contribution in [0.15, 0.2) is 67.3 Å². The van der Waals surface area contributed by atoms with Crippen LogP contribution < -0.4 is 20.1 Å². The molecule has 52 heavy (non-hydrogen) atoms. The Morgan fingerprint density at radius 1 is 1.08 bits per heavy atom. The molecule has 2 saturated carbocycles. The molecule has 1 aromatic heterocycles. The Morgan fingerprint density at radius 2 is 1.81 bits per heavy atom. The largest absolute Gasteiger partial charge is 0.497 e. The molecule has 3 aromatic rings. The summed E-state index contributed by atoms with van der Waals surface area (Å²) in [5, 5.41) is 16.6. The molecule has 1 aliphatic heterocycles. The number of pyridine rings is 1. The number of methoxy groups -OCH3 is 1. The lowest BCUT2D eigenvalue weighted by Crippen LogP contribution is -2.59. The minimum Gasteiger partial charge on any atom is -0.497 e. The van der Waals surface area contributed by atoms with Gasteiger partial charge in [-0.1, -0.05) is 76.4 Å². The monoisotopic (exact) mass is 710 g/mol. The fourth-order valence-electron chi connectivity index (χ4n) is 7.72. The summed E-state index contributed by atoms with van der Waals surface area (Å²) in [6, 6.07) is 15.1. The number of nitrogens with zero attached hydrogens (tertiary/aromatic N) is 2. The van der Waals surface area contributed by atoms with Crippen molar-refractivity contribution < 1.29 is 33.8 Å². The lowest BCUT2D eigenvalue weighted by atomic mass is 9.84. The Kier molecular flexibility index (Phi) is 10.6. The summed E-state index contributed by atoms with van der Waals surface area (Å²) in [7, 11) is 1.59. The number of aromatic nitrogens is 1. The Labute approximate surface area is 305 Å². The van der Waals surface area contributed by atoms with Gasteiger partial charge < -0.3 is 30.1 Å². The van der Waals surface area contributed by atoms with Gasteiger partial charge in [-0.25, -0.2) is 9.78 Å². The highest BCUT2D eigenvalue weighted by Gasteiger charge is 2.61. The number of hydrogen-bond acceptors (Lipinski definition) is 7. The van der Waals surface area contributed by atoms with Gasteiger partial charge >= 0.3 is 5.97 Å². The quantitative estimate of drug-likeness (QED) is 0.197. The van der Waals surface area contributed by atoms with E-state index in [-0.39, 0.29) is 31.2 Å². The second-order valence-electron chi connectivity index (χ2n) is 15.6. The molecular formula is C41H50N4O7. The van der Waals surface area contributed by atoms with Crippen molar-refractivity contribution in [3.05, 3.63) is 67.3 Å². The van der Waals surface area contributed by atoms with Gasteiger partial charge in [-0.05, 0) is 42.7 Å². The minimum absolute atomic E-state index is 0.0492. The predicted octanol–water partition coefficient (Wildman–Crippen LogP) is 5.91. The molecule has 2 heterocycles. The number of likely N-dealkylation sites (tertiary alicyclic amines) is 1. The van der Waals surface area contributed by atoms with Crippen molar-refractivity contribution in [2.75, 3.05) is 13.7 Å². The summed E-state index contributed by atoms with van der Waals surface area (Å²) in [5.74, 6) is -1.31. The molecule has 11 heteroatoms. The van der Waals surface area contributed by atoms with Crippen molar-refractivity contribution in [1.29, 1.82) is 0 Å². The fraction of sp³-hybridized carbons (Fsp3) is 0.488. The number of rotatable bonds is 12. The number of benzene rings is 2. The standard InChI is InChI=1S/C41H50N4O7/c1-6-27-23-41(27,39(49)50)44-37(47)33-21-29(24-45(33)38(48)36(40(2,3)4)43-35(46)19-25-13-9-7-10-14-25)52-34-22-31(26-15-11-8-12-16-26)42-32-20-28(51-5)17-18-30(32)34/h6,8,11-12,15-18,20,22,25,27,29,33,36H,1,7,9-10,13-14,19,21,23-24H2,2-5H3,(H,43,46)(H,44,47)(H,49,50)/t27-,29-,33+,36-,41-/m1/s1. The van der Waals surface area contributed by atoms with E-state index in [1.54, 1.807) is 7.11 Å². The van der Waals surface area contributed by atoms with Crippen LogP contribution in [0.25, 0.3) is 22.2 Å². The summed E-state index contributed by atoms with van der Waals surface area (Å²) >= 11 is 0. The van der Waals surface area contributed by atoms with Gasteiger partial charge in [-0.15, -0.1) is 6.58 Å².